The van der Waals surface area contributed by atoms with E-state index in [1.54, 1.807) is 0 Å². The van der Waals surface area contributed by atoms with E-state index in [0.29, 0.717) is 6.54 Å². The van der Waals surface area contributed by atoms with Crippen LogP contribution in [0, 0.1) is 6.92 Å². The summed E-state index contributed by atoms with van der Waals surface area (Å²) in [6.07, 6.45) is 5.01. The number of benzene rings is 2. The predicted molar refractivity (Wildman–Crippen MR) is 138 cm³/mol. The van der Waals surface area contributed by atoms with Gasteiger partial charge in [0.15, 0.2) is 0 Å². The molecule has 0 spiro atoms. The smallest absolute Gasteiger partial charge is 0.316 e. The van der Waals surface area contributed by atoms with Crippen LogP contribution < -0.4 is 5.32 Å². The Morgan fingerprint density at radius 3 is 2.86 bits per heavy atom. The second kappa shape index (κ2) is 9.15. The quantitative estimate of drug-likeness (QED) is 0.435. The maximum atomic E-state index is 13.1. The fourth-order valence-electron chi connectivity index (χ4n) is 5.43. The average molecular weight is 467 g/mol. The average Bonchev–Trinajstić information content (AvgIpc) is 3.29. The molecule has 2 aromatic heterocycles. The molecule has 7 heteroatoms. The van der Waals surface area contributed by atoms with E-state index in [-0.39, 0.29) is 12.1 Å². The molecule has 178 valence electrons. The van der Waals surface area contributed by atoms with Crippen LogP contribution in [0.2, 0.25) is 0 Å². The molecule has 0 bridgehead atoms. The number of nitrogens with zero attached hydrogens (tertiary/aromatic N) is 4. The number of hydrogen-bond acceptors (Lipinski definition) is 4. The third-order valence-electron chi connectivity index (χ3n) is 7.28. The normalized spacial score (nSPS) is 18.5. The van der Waals surface area contributed by atoms with E-state index in [1.807, 2.05) is 30.2 Å². The van der Waals surface area contributed by atoms with Gasteiger partial charge >= 0.3 is 6.03 Å². The standard InChI is InChI=1S/C28H30N6O/c1-19-14-21(9-11-29-19)27-24-15-22-17-34(28(35)30-25(22)16-26(24)31-32-27)23-8-5-12-33(18-23)13-10-20-6-3-2-4-7-20/h2-4,6-7,9,11,14-16,23H,5,8,10,12-13,17-18H2,1H3,(H,30,35)(H,31,32)/t23-/m1/s1. The SMILES string of the molecule is Cc1cc(-c2n[nH]c3cc4c(cc23)CN([C@@H]2CCCN(CCc3ccccc3)C2)C(=O)N4)ccn1. The van der Waals surface area contributed by atoms with Gasteiger partial charge in [-0.15, -0.1) is 0 Å². The molecule has 1 saturated heterocycles. The number of pyridine rings is 1. The summed E-state index contributed by atoms with van der Waals surface area (Å²) in [7, 11) is 0. The van der Waals surface area contributed by atoms with E-state index in [0.717, 1.165) is 78.0 Å². The van der Waals surface area contributed by atoms with E-state index in [1.165, 1.54) is 5.56 Å². The summed E-state index contributed by atoms with van der Waals surface area (Å²) in [5, 5.41) is 11.9. The van der Waals surface area contributed by atoms with Crippen LogP contribution in [0.3, 0.4) is 0 Å². The Bertz CT molecular complexity index is 1360. The maximum Gasteiger partial charge on any atom is 0.322 e. The van der Waals surface area contributed by atoms with Crippen molar-refractivity contribution in [2.24, 2.45) is 0 Å². The Balaban J connectivity index is 1.21. The van der Waals surface area contributed by atoms with Crippen molar-refractivity contribution in [3.63, 3.8) is 0 Å². The highest BCUT2D eigenvalue weighted by molar-refractivity contribution is 6.00. The summed E-state index contributed by atoms with van der Waals surface area (Å²) in [6.45, 7) is 5.65. The summed E-state index contributed by atoms with van der Waals surface area (Å²) in [6, 6.07) is 19.1. The van der Waals surface area contributed by atoms with E-state index in [2.05, 4.69) is 67.9 Å². The van der Waals surface area contributed by atoms with Crippen LogP contribution >= 0.6 is 0 Å². The number of likely N-dealkylation sites (tertiary alicyclic amines) is 1. The monoisotopic (exact) mass is 466 g/mol. The number of urea groups is 1. The molecule has 4 heterocycles. The van der Waals surface area contributed by atoms with Crippen LogP contribution in [0.25, 0.3) is 22.2 Å². The van der Waals surface area contributed by atoms with Crippen molar-refractivity contribution in [1.82, 2.24) is 25.0 Å². The molecule has 0 radical (unpaired) electrons. The molecule has 1 atom stereocenters. The van der Waals surface area contributed by atoms with E-state index in [9.17, 15) is 4.79 Å². The van der Waals surface area contributed by atoms with E-state index >= 15 is 0 Å². The Morgan fingerprint density at radius 1 is 1.11 bits per heavy atom. The van der Waals surface area contributed by atoms with Crippen molar-refractivity contribution < 1.29 is 4.79 Å². The lowest BCUT2D eigenvalue weighted by atomic mass is 9.99. The topological polar surface area (TPSA) is 77.2 Å². The zero-order valence-corrected chi connectivity index (χ0v) is 20.0. The Hall–Kier alpha value is -3.71. The fraction of sp³-hybridized carbons (Fsp3) is 0.321. The van der Waals surface area contributed by atoms with Crippen LogP contribution in [-0.4, -0.2) is 56.7 Å². The zero-order valence-electron chi connectivity index (χ0n) is 20.0. The summed E-state index contributed by atoms with van der Waals surface area (Å²) < 4.78 is 0. The first-order valence-electron chi connectivity index (χ1n) is 12.4. The van der Waals surface area contributed by atoms with Crippen LogP contribution in [0.5, 0.6) is 0 Å². The van der Waals surface area contributed by atoms with Gasteiger partial charge in [0.05, 0.1) is 5.52 Å². The Morgan fingerprint density at radius 2 is 2.00 bits per heavy atom. The molecule has 35 heavy (non-hydrogen) atoms. The summed E-state index contributed by atoms with van der Waals surface area (Å²) in [4.78, 5) is 22.0. The number of aromatic nitrogens is 3. The van der Waals surface area contributed by atoms with Gasteiger partial charge in [-0.25, -0.2) is 4.79 Å². The number of aryl methyl sites for hydroxylation is 1. The molecule has 6 rings (SSSR count). The second-order valence-corrected chi connectivity index (χ2v) is 9.70. The van der Waals surface area contributed by atoms with Gasteiger partial charge in [0.1, 0.15) is 5.69 Å². The molecular formula is C28H30N6O. The fourth-order valence-corrected chi connectivity index (χ4v) is 5.43. The lowest BCUT2D eigenvalue weighted by Crippen LogP contribution is -2.52. The second-order valence-electron chi connectivity index (χ2n) is 9.70. The summed E-state index contributed by atoms with van der Waals surface area (Å²) >= 11 is 0. The van der Waals surface area contributed by atoms with Crippen LogP contribution in [0.4, 0.5) is 10.5 Å². The van der Waals surface area contributed by atoms with Crippen molar-refractivity contribution in [3.05, 3.63) is 77.6 Å². The lowest BCUT2D eigenvalue weighted by Gasteiger charge is -2.41. The first kappa shape index (κ1) is 21.8. The van der Waals surface area contributed by atoms with Gasteiger partial charge in [-0.05, 0) is 68.1 Å². The lowest BCUT2D eigenvalue weighted by molar-refractivity contribution is 0.113. The van der Waals surface area contributed by atoms with E-state index < -0.39 is 0 Å². The summed E-state index contributed by atoms with van der Waals surface area (Å²) in [5.41, 5.74) is 7.21. The molecule has 0 saturated carbocycles. The Kier molecular flexibility index (Phi) is 5.70. The number of carbonyl (C=O) groups is 1. The molecule has 2 aliphatic rings. The molecule has 2 amide bonds. The largest absolute Gasteiger partial charge is 0.322 e. The van der Waals surface area contributed by atoms with Crippen molar-refractivity contribution in [1.29, 1.82) is 0 Å². The molecule has 0 aliphatic carbocycles. The number of H-pyrrole nitrogens is 1. The highest BCUT2D eigenvalue weighted by atomic mass is 16.2. The van der Waals surface area contributed by atoms with Crippen molar-refractivity contribution in [3.8, 4) is 11.3 Å². The Labute approximate surface area is 205 Å². The van der Waals surface area contributed by atoms with Crippen molar-refractivity contribution >= 4 is 22.6 Å². The minimum absolute atomic E-state index is 0.00347. The molecule has 0 unspecified atom stereocenters. The molecule has 7 nitrogen and oxygen atoms in total. The van der Waals surface area contributed by atoms with Gasteiger partial charge in [-0.1, -0.05) is 30.3 Å². The van der Waals surface area contributed by atoms with Crippen LogP contribution in [-0.2, 0) is 13.0 Å². The number of piperidine rings is 1. The van der Waals surface area contributed by atoms with Gasteiger partial charge in [0.25, 0.3) is 0 Å². The van der Waals surface area contributed by atoms with Gasteiger partial charge < -0.3 is 15.1 Å². The summed E-state index contributed by atoms with van der Waals surface area (Å²) in [5.74, 6) is 0. The minimum atomic E-state index is -0.00347. The van der Waals surface area contributed by atoms with Gasteiger partial charge in [-0.3, -0.25) is 10.1 Å². The third kappa shape index (κ3) is 4.39. The van der Waals surface area contributed by atoms with Crippen LogP contribution in [0.15, 0.2) is 60.8 Å². The minimum Gasteiger partial charge on any atom is -0.316 e. The number of aromatic amines is 1. The zero-order chi connectivity index (χ0) is 23.8. The number of rotatable bonds is 5. The first-order chi connectivity index (χ1) is 17.1. The number of carbonyl (C=O) groups excluding carboxylic acids is 1. The number of amides is 2. The van der Waals surface area contributed by atoms with Crippen molar-refractivity contribution in [2.45, 2.75) is 38.8 Å². The number of fused-ring (bicyclic) bond motifs is 2. The number of hydrogen-bond donors (Lipinski definition) is 2. The van der Waals surface area contributed by atoms with Gasteiger partial charge in [-0.2, -0.15) is 5.10 Å². The molecule has 1 fully saturated rings. The van der Waals surface area contributed by atoms with Crippen LogP contribution in [0.1, 0.15) is 29.7 Å². The predicted octanol–water partition coefficient (Wildman–Crippen LogP) is 4.99. The third-order valence-corrected chi connectivity index (χ3v) is 7.28. The molecule has 4 aromatic rings. The van der Waals surface area contributed by atoms with Gasteiger partial charge in [0, 0.05) is 54.2 Å². The first-order valence-corrected chi connectivity index (χ1v) is 12.4. The molecule has 2 aliphatic heterocycles. The van der Waals surface area contributed by atoms with E-state index in [4.69, 9.17) is 0 Å². The van der Waals surface area contributed by atoms with Gasteiger partial charge in [0.2, 0.25) is 0 Å². The molecule has 2 aromatic carbocycles. The molecule has 2 N–H and O–H groups in total. The highest BCUT2D eigenvalue weighted by Crippen LogP contribution is 2.34. The molecular weight excluding hydrogens is 436 g/mol. The number of nitrogens with one attached hydrogen (secondary N) is 2. The number of anilines is 1. The van der Waals surface area contributed by atoms with Crippen molar-refractivity contribution in [2.75, 3.05) is 25.0 Å². The highest BCUT2D eigenvalue weighted by Gasteiger charge is 2.32. The maximum absolute atomic E-state index is 13.1.